The van der Waals surface area contributed by atoms with Crippen molar-refractivity contribution in [3.05, 3.63) is 33.9 Å². The van der Waals surface area contributed by atoms with Gasteiger partial charge >= 0.3 is 0 Å². The molecule has 0 aliphatic carbocycles. The van der Waals surface area contributed by atoms with Gasteiger partial charge in [-0.25, -0.2) is 4.39 Å². The van der Waals surface area contributed by atoms with Crippen LogP contribution in [0.2, 0.25) is 0 Å². The van der Waals surface area contributed by atoms with E-state index in [9.17, 15) is 9.59 Å². The molecule has 1 amide bonds. The Morgan fingerprint density at radius 1 is 1.31 bits per heavy atom. The van der Waals surface area contributed by atoms with Gasteiger partial charge < -0.3 is 24.4 Å². The van der Waals surface area contributed by atoms with E-state index in [4.69, 9.17) is 4.74 Å². The SMILES string of the molecule is CCCNC(=O)c1cn2c3c(c(N4CCN(C)CC4)c(F)cc3c1=O)OC[C@H]2C. The van der Waals surface area contributed by atoms with Gasteiger partial charge in [-0.3, -0.25) is 9.59 Å². The molecule has 0 unspecified atom stereocenters. The largest absolute Gasteiger partial charge is 0.487 e. The fraction of sp³-hybridized carbons (Fsp3) is 0.524. The Hall–Kier alpha value is -2.61. The number of benzene rings is 1. The molecule has 4 rings (SSSR count). The van der Waals surface area contributed by atoms with Crippen molar-refractivity contribution in [1.82, 2.24) is 14.8 Å². The third kappa shape index (κ3) is 3.35. The number of hydrogen-bond donors (Lipinski definition) is 1. The molecule has 0 saturated carbocycles. The lowest BCUT2D eigenvalue weighted by atomic mass is 10.0. The molecule has 1 atom stereocenters. The zero-order valence-corrected chi connectivity index (χ0v) is 17.1. The Kier molecular flexibility index (Phi) is 5.21. The van der Waals surface area contributed by atoms with Crippen molar-refractivity contribution in [3.63, 3.8) is 0 Å². The normalized spacial score (nSPS) is 19.3. The highest BCUT2D eigenvalue weighted by atomic mass is 19.1. The Morgan fingerprint density at radius 3 is 2.72 bits per heavy atom. The predicted molar refractivity (Wildman–Crippen MR) is 111 cm³/mol. The average molecular weight is 402 g/mol. The smallest absolute Gasteiger partial charge is 0.256 e. The summed E-state index contributed by atoms with van der Waals surface area (Å²) in [6, 6.07) is 1.19. The van der Waals surface area contributed by atoms with Crippen LogP contribution in [0.25, 0.3) is 10.9 Å². The third-order valence-corrected chi connectivity index (χ3v) is 5.74. The van der Waals surface area contributed by atoms with E-state index in [1.807, 2.05) is 30.4 Å². The summed E-state index contributed by atoms with van der Waals surface area (Å²) in [6.45, 7) is 7.77. The third-order valence-electron chi connectivity index (χ3n) is 5.74. The molecule has 29 heavy (non-hydrogen) atoms. The first-order valence-electron chi connectivity index (χ1n) is 10.2. The molecule has 2 aliphatic rings. The molecule has 7 nitrogen and oxygen atoms in total. The van der Waals surface area contributed by atoms with Crippen LogP contribution in [0, 0.1) is 5.82 Å². The van der Waals surface area contributed by atoms with Crippen LogP contribution in [0.3, 0.4) is 0 Å². The average Bonchev–Trinajstić information content (AvgIpc) is 2.71. The number of halogens is 1. The number of likely N-dealkylation sites (N-methyl/N-ethyl adjacent to an activating group) is 1. The van der Waals surface area contributed by atoms with Gasteiger partial charge in [0.25, 0.3) is 5.91 Å². The Morgan fingerprint density at radius 2 is 2.03 bits per heavy atom. The van der Waals surface area contributed by atoms with Gasteiger partial charge in [0.2, 0.25) is 5.43 Å². The van der Waals surface area contributed by atoms with E-state index in [0.717, 1.165) is 19.5 Å². The number of rotatable bonds is 4. The summed E-state index contributed by atoms with van der Waals surface area (Å²) in [5, 5.41) is 2.93. The number of nitrogens with one attached hydrogen (secondary N) is 1. The summed E-state index contributed by atoms with van der Waals surface area (Å²) in [5.41, 5.74) is 0.551. The number of anilines is 1. The van der Waals surface area contributed by atoms with Crippen molar-refractivity contribution in [3.8, 4) is 5.75 Å². The highest BCUT2D eigenvalue weighted by Gasteiger charge is 2.30. The van der Waals surface area contributed by atoms with Gasteiger partial charge in [0.1, 0.15) is 17.9 Å². The topological polar surface area (TPSA) is 66.8 Å². The van der Waals surface area contributed by atoms with E-state index in [1.54, 1.807) is 6.20 Å². The maximum atomic E-state index is 15.2. The minimum absolute atomic E-state index is 0.0393. The highest BCUT2D eigenvalue weighted by Crippen LogP contribution is 2.42. The summed E-state index contributed by atoms with van der Waals surface area (Å²) in [5.74, 6) is -0.507. The fourth-order valence-corrected chi connectivity index (χ4v) is 4.03. The molecule has 1 saturated heterocycles. The van der Waals surface area contributed by atoms with Gasteiger partial charge in [0.05, 0.1) is 16.9 Å². The molecule has 8 heteroatoms. The first kappa shape index (κ1) is 19.7. The molecule has 1 aromatic carbocycles. The number of hydrogen-bond acceptors (Lipinski definition) is 5. The van der Waals surface area contributed by atoms with Crippen molar-refractivity contribution in [2.24, 2.45) is 0 Å². The minimum atomic E-state index is -0.485. The number of aromatic nitrogens is 1. The van der Waals surface area contributed by atoms with Crippen LogP contribution in [-0.2, 0) is 0 Å². The van der Waals surface area contributed by atoms with Gasteiger partial charge in [-0.1, -0.05) is 6.92 Å². The maximum absolute atomic E-state index is 15.2. The number of nitrogens with zero attached hydrogens (tertiary/aromatic N) is 3. The molecule has 2 aliphatic heterocycles. The van der Waals surface area contributed by atoms with Crippen LogP contribution in [0.15, 0.2) is 17.1 Å². The first-order chi connectivity index (χ1) is 13.9. The first-order valence-corrected chi connectivity index (χ1v) is 10.2. The number of amides is 1. The molecule has 0 radical (unpaired) electrons. The van der Waals surface area contributed by atoms with E-state index in [1.165, 1.54) is 6.07 Å². The highest BCUT2D eigenvalue weighted by molar-refractivity contribution is 6.00. The molecule has 3 heterocycles. The summed E-state index contributed by atoms with van der Waals surface area (Å²) < 4.78 is 23.1. The van der Waals surface area contributed by atoms with Crippen molar-refractivity contribution in [2.45, 2.75) is 26.3 Å². The number of piperazine rings is 1. The van der Waals surface area contributed by atoms with Crippen molar-refractivity contribution < 1.29 is 13.9 Å². The van der Waals surface area contributed by atoms with Gasteiger partial charge in [-0.2, -0.15) is 0 Å². The molecule has 1 N–H and O–H groups in total. The van der Waals surface area contributed by atoms with E-state index < -0.39 is 17.2 Å². The second kappa shape index (κ2) is 7.67. The quantitative estimate of drug-likeness (QED) is 0.847. The van der Waals surface area contributed by atoms with E-state index in [-0.39, 0.29) is 17.0 Å². The standard InChI is InChI=1S/C21H27FN4O3/c1-4-5-23-21(28)15-11-26-13(2)12-29-20-17(26)14(19(15)27)10-16(22)18(20)25-8-6-24(3)7-9-25/h10-11,13H,4-9,12H2,1-3H3,(H,23,28)/t13-/m1/s1. The fourth-order valence-electron chi connectivity index (χ4n) is 4.03. The lowest BCUT2D eigenvalue weighted by molar-refractivity contribution is 0.0951. The lowest BCUT2D eigenvalue weighted by Gasteiger charge is -2.37. The van der Waals surface area contributed by atoms with Crippen LogP contribution in [0.5, 0.6) is 5.75 Å². The lowest BCUT2D eigenvalue weighted by Crippen LogP contribution is -2.45. The second-order valence-electron chi connectivity index (χ2n) is 7.92. The molecule has 1 aromatic heterocycles. The van der Waals surface area contributed by atoms with Crippen molar-refractivity contribution >= 4 is 22.5 Å². The Bertz CT molecular complexity index is 1010. The van der Waals surface area contributed by atoms with Gasteiger partial charge in [-0.05, 0) is 26.5 Å². The second-order valence-corrected chi connectivity index (χ2v) is 7.92. The predicted octanol–water partition coefficient (Wildman–Crippen LogP) is 1.99. The number of carbonyl (C=O) groups excluding carboxylic acids is 1. The summed E-state index contributed by atoms with van der Waals surface area (Å²) in [7, 11) is 2.04. The van der Waals surface area contributed by atoms with Gasteiger partial charge in [0.15, 0.2) is 11.6 Å². The van der Waals surface area contributed by atoms with E-state index >= 15 is 4.39 Å². The van der Waals surface area contributed by atoms with Gasteiger partial charge in [-0.15, -0.1) is 0 Å². The molecular weight excluding hydrogens is 375 g/mol. The van der Waals surface area contributed by atoms with E-state index in [2.05, 4.69) is 10.2 Å². The van der Waals surface area contributed by atoms with Crippen LogP contribution in [0.1, 0.15) is 36.7 Å². The number of carbonyl (C=O) groups is 1. The zero-order valence-electron chi connectivity index (χ0n) is 17.1. The van der Waals surface area contributed by atoms with Crippen LogP contribution in [0.4, 0.5) is 10.1 Å². The van der Waals surface area contributed by atoms with Crippen molar-refractivity contribution in [1.29, 1.82) is 0 Å². The zero-order chi connectivity index (χ0) is 20.7. The van der Waals surface area contributed by atoms with Crippen LogP contribution in [-0.4, -0.2) is 61.8 Å². The van der Waals surface area contributed by atoms with Crippen LogP contribution >= 0.6 is 0 Å². The molecule has 0 bridgehead atoms. The maximum Gasteiger partial charge on any atom is 0.256 e. The number of pyridine rings is 1. The number of ether oxygens (including phenoxy) is 1. The summed E-state index contributed by atoms with van der Waals surface area (Å²) in [4.78, 5) is 29.7. The Labute approximate surface area is 169 Å². The summed E-state index contributed by atoms with van der Waals surface area (Å²) >= 11 is 0. The minimum Gasteiger partial charge on any atom is -0.487 e. The van der Waals surface area contributed by atoms with Crippen molar-refractivity contribution in [2.75, 3.05) is 51.3 Å². The molecule has 2 aromatic rings. The molecular formula is C21H27FN4O3. The monoisotopic (exact) mass is 402 g/mol. The Balaban J connectivity index is 1.91. The van der Waals surface area contributed by atoms with Gasteiger partial charge in [0, 0.05) is 38.9 Å². The molecule has 156 valence electrons. The molecule has 0 spiro atoms. The molecule has 1 fully saturated rings. The summed E-state index contributed by atoms with van der Waals surface area (Å²) in [6.07, 6.45) is 2.36. The van der Waals surface area contributed by atoms with E-state index in [0.29, 0.717) is 43.2 Å². The van der Waals surface area contributed by atoms with Crippen LogP contribution < -0.4 is 20.4 Å².